The van der Waals surface area contributed by atoms with Crippen molar-refractivity contribution in [3.05, 3.63) is 17.0 Å². The van der Waals surface area contributed by atoms with Gasteiger partial charge in [-0.2, -0.15) is 4.98 Å². The van der Waals surface area contributed by atoms with Crippen molar-refractivity contribution in [3.8, 4) is 0 Å². The van der Waals surface area contributed by atoms with Crippen LogP contribution in [0.2, 0.25) is 5.28 Å². The number of nitrogens with one attached hydrogen (secondary N) is 1. The maximum atomic E-state index is 11.6. The topological polar surface area (TPSA) is 64.1 Å². The van der Waals surface area contributed by atoms with Gasteiger partial charge >= 0.3 is 5.97 Å². The second kappa shape index (κ2) is 6.27. The van der Waals surface area contributed by atoms with Crippen molar-refractivity contribution in [3.63, 3.8) is 0 Å². The van der Waals surface area contributed by atoms with E-state index in [2.05, 4.69) is 15.3 Å². The molecule has 0 aliphatic carbocycles. The molecule has 1 rings (SSSR count). The summed E-state index contributed by atoms with van der Waals surface area (Å²) in [6, 6.07) is 0. The number of rotatable bonds is 5. The first-order valence-corrected chi connectivity index (χ1v) is 5.50. The van der Waals surface area contributed by atoms with Crippen molar-refractivity contribution in [1.82, 2.24) is 9.97 Å². The summed E-state index contributed by atoms with van der Waals surface area (Å²) in [5.74, 6) is -0.0296. The van der Waals surface area contributed by atoms with E-state index in [0.29, 0.717) is 24.5 Å². The van der Waals surface area contributed by atoms with Crippen LogP contribution in [0.5, 0.6) is 0 Å². The van der Waals surface area contributed by atoms with Gasteiger partial charge in [-0.1, -0.05) is 6.92 Å². The summed E-state index contributed by atoms with van der Waals surface area (Å²) in [4.78, 5) is 19.3. The molecule has 0 aliphatic heterocycles. The highest BCUT2D eigenvalue weighted by atomic mass is 35.5. The minimum Gasteiger partial charge on any atom is -0.462 e. The number of aromatic nitrogens is 2. The standard InChI is InChI=1S/C10H14ClN3O2/c1-3-5-12-8-7(9(15)16-4-2)6-13-10(11)14-8/h6H,3-5H2,1-2H3,(H,12,13,14). The number of hydrogen-bond donors (Lipinski definition) is 1. The van der Waals surface area contributed by atoms with E-state index in [9.17, 15) is 4.79 Å². The number of nitrogens with zero attached hydrogens (tertiary/aromatic N) is 2. The van der Waals surface area contributed by atoms with E-state index in [1.54, 1.807) is 6.92 Å². The Kier molecular flexibility index (Phi) is 4.98. The largest absolute Gasteiger partial charge is 0.462 e. The third-order valence-corrected chi connectivity index (χ3v) is 1.98. The molecular formula is C10H14ClN3O2. The summed E-state index contributed by atoms with van der Waals surface area (Å²) in [7, 11) is 0. The Balaban J connectivity index is 2.92. The zero-order chi connectivity index (χ0) is 12.0. The molecule has 0 saturated carbocycles. The summed E-state index contributed by atoms with van der Waals surface area (Å²) in [6.45, 7) is 4.78. The van der Waals surface area contributed by atoms with Gasteiger partial charge in [0.1, 0.15) is 11.4 Å². The number of halogens is 1. The zero-order valence-electron chi connectivity index (χ0n) is 9.29. The average Bonchev–Trinajstić information content (AvgIpc) is 2.26. The second-order valence-electron chi connectivity index (χ2n) is 3.05. The molecule has 6 heteroatoms. The molecule has 1 heterocycles. The predicted octanol–water partition coefficient (Wildman–Crippen LogP) is 2.13. The van der Waals surface area contributed by atoms with E-state index in [1.165, 1.54) is 6.20 Å². The molecule has 0 unspecified atom stereocenters. The van der Waals surface area contributed by atoms with Crippen molar-refractivity contribution >= 4 is 23.4 Å². The van der Waals surface area contributed by atoms with Gasteiger partial charge in [-0.15, -0.1) is 0 Å². The van der Waals surface area contributed by atoms with Crippen LogP contribution < -0.4 is 5.32 Å². The van der Waals surface area contributed by atoms with Crippen LogP contribution in [0.15, 0.2) is 6.20 Å². The van der Waals surface area contributed by atoms with E-state index in [0.717, 1.165) is 6.42 Å². The third-order valence-electron chi connectivity index (χ3n) is 1.80. The van der Waals surface area contributed by atoms with Gasteiger partial charge in [-0.25, -0.2) is 9.78 Å². The van der Waals surface area contributed by atoms with Crippen LogP contribution in [-0.4, -0.2) is 29.1 Å². The number of carbonyl (C=O) groups is 1. The van der Waals surface area contributed by atoms with Crippen molar-refractivity contribution in [2.24, 2.45) is 0 Å². The van der Waals surface area contributed by atoms with E-state index in [1.807, 2.05) is 6.92 Å². The first kappa shape index (κ1) is 12.7. The van der Waals surface area contributed by atoms with Gasteiger partial charge in [-0.05, 0) is 24.9 Å². The zero-order valence-corrected chi connectivity index (χ0v) is 10.0. The molecule has 16 heavy (non-hydrogen) atoms. The molecule has 0 fully saturated rings. The SMILES string of the molecule is CCCNc1nc(Cl)ncc1C(=O)OCC. The molecule has 88 valence electrons. The summed E-state index contributed by atoms with van der Waals surface area (Å²) >= 11 is 5.66. The lowest BCUT2D eigenvalue weighted by Gasteiger charge is -2.09. The monoisotopic (exact) mass is 243 g/mol. The number of carbonyl (C=O) groups excluding carboxylic acids is 1. The number of esters is 1. The lowest BCUT2D eigenvalue weighted by atomic mass is 10.3. The Morgan fingerprint density at radius 3 is 2.94 bits per heavy atom. The molecule has 0 aromatic carbocycles. The maximum Gasteiger partial charge on any atom is 0.343 e. The van der Waals surface area contributed by atoms with E-state index < -0.39 is 5.97 Å². The number of hydrogen-bond acceptors (Lipinski definition) is 5. The van der Waals surface area contributed by atoms with Gasteiger partial charge in [0.15, 0.2) is 0 Å². The molecule has 1 aromatic heterocycles. The second-order valence-corrected chi connectivity index (χ2v) is 3.39. The van der Waals surface area contributed by atoms with E-state index in [-0.39, 0.29) is 5.28 Å². The van der Waals surface area contributed by atoms with E-state index in [4.69, 9.17) is 16.3 Å². The molecule has 5 nitrogen and oxygen atoms in total. The fourth-order valence-corrected chi connectivity index (χ4v) is 1.23. The van der Waals surface area contributed by atoms with Gasteiger partial charge in [0.2, 0.25) is 5.28 Å². The van der Waals surface area contributed by atoms with Gasteiger partial charge in [0.25, 0.3) is 0 Å². The molecule has 0 spiro atoms. The first-order chi connectivity index (χ1) is 7.69. The van der Waals surface area contributed by atoms with Crippen LogP contribution in [0.4, 0.5) is 5.82 Å². The smallest absolute Gasteiger partial charge is 0.343 e. The Morgan fingerprint density at radius 2 is 2.31 bits per heavy atom. The highest BCUT2D eigenvalue weighted by Crippen LogP contribution is 2.15. The van der Waals surface area contributed by atoms with Crippen molar-refractivity contribution in [1.29, 1.82) is 0 Å². The van der Waals surface area contributed by atoms with Crippen molar-refractivity contribution < 1.29 is 9.53 Å². The number of ether oxygens (including phenoxy) is 1. The molecule has 0 radical (unpaired) electrons. The minimum atomic E-state index is -0.447. The third kappa shape index (κ3) is 3.34. The molecule has 0 saturated heterocycles. The predicted molar refractivity (Wildman–Crippen MR) is 61.8 cm³/mol. The summed E-state index contributed by atoms with van der Waals surface area (Å²) < 4.78 is 4.89. The normalized spacial score (nSPS) is 9.94. The van der Waals surface area contributed by atoms with Crippen LogP contribution in [-0.2, 0) is 4.74 Å². The Labute approximate surface area is 99.2 Å². The lowest BCUT2D eigenvalue weighted by Crippen LogP contribution is -2.12. The quantitative estimate of drug-likeness (QED) is 0.634. The van der Waals surface area contributed by atoms with Crippen molar-refractivity contribution in [2.45, 2.75) is 20.3 Å². The first-order valence-electron chi connectivity index (χ1n) is 5.12. The highest BCUT2D eigenvalue weighted by molar-refractivity contribution is 6.28. The molecule has 1 aromatic rings. The maximum absolute atomic E-state index is 11.6. The van der Waals surface area contributed by atoms with Gasteiger partial charge in [0, 0.05) is 12.7 Å². The van der Waals surface area contributed by atoms with Crippen LogP contribution in [0, 0.1) is 0 Å². The minimum absolute atomic E-state index is 0.103. The Hall–Kier alpha value is -1.36. The Bertz CT molecular complexity index is 371. The number of anilines is 1. The molecule has 1 N–H and O–H groups in total. The van der Waals surface area contributed by atoms with Crippen LogP contribution in [0.1, 0.15) is 30.6 Å². The molecular weight excluding hydrogens is 230 g/mol. The average molecular weight is 244 g/mol. The van der Waals surface area contributed by atoms with Gasteiger partial charge < -0.3 is 10.1 Å². The molecule has 0 bridgehead atoms. The van der Waals surface area contributed by atoms with Crippen molar-refractivity contribution in [2.75, 3.05) is 18.5 Å². The molecule has 0 aliphatic rings. The fraction of sp³-hybridized carbons (Fsp3) is 0.500. The molecule has 0 amide bonds. The van der Waals surface area contributed by atoms with Gasteiger partial charge in [-0.3, -0.25) is 0 Å². The van der Waals surface area contributed by atoms with Crippen LogP contribution in [0.25, 0.3) is 0 Å². The van der Waals surface area contributed by atoms with Crippen LogP contribution in [0.3, 0.4) is 0 Å². The molecule has 0 atom stereocenters. The summed E-state index contributed by atoms with van der Waals surface area (Å²) in [5.41, 5.74) is 0.305. The van der Waals surface area contributed by atoms with Gasteiger partial charge in [0.05, 0.1) is 6.61 Å². The summed E-state index contributed by atoms with van der Waals surface area (Å²) in [6.07, 6.45) is 2.29. The summed E-state index contributed by atoms with van der Waals surface area (Å²) in [5, 5.41) is 3.11. The van der Waals surface area contributed by atoms with E-state index >= 15 is 0 Å². The Morgan fingerprint density at radius 1 is 1.56 bits per heavy atom. The highest BCUT2D eigenvalue weighted by Gasteiger charge is 2.14. The fourth-order valence-electron chi connectivity index (χ4n) is 1.10. The lowest BCUT2D eigenvalue weighted by molar-refractivity contribution is 0.0526. The van der Waals surface area contributed by atoms with Crippen LogP contribution >= 0.6 is 11.6 Å².